The molecule has 0 aromatic carbocycles. The van der Waals surface area contributed by atoms with Crippen molar-refractivity contribution in [1.29, 1.82) is 0 Å². The van der Waals surface area contributed by atoms with Gasteiger partial charge in [-0.15, -0.1) is 0 Å². The molecule has 0 spiro atoms. The lowest BCUT2D eigenvalue weighted by Gasteiger charge is -2.34. The molecule has 1 atom stereocenters. The van der Waals surface area contributed by atoms with E-state index in [9.17, 15) is 4.79 Å². The standard InChI is InChI=1S/C16H26N4O/c1-13(14-4-8-17-9-5-14)18-15-6-10-20(11-7-15)12-16(21)19(2)3/h4-5,8-9,13,15,18H,6-7,10-12H2,1-3H3. The Balaban J connectivity index is 1.75. The first kappa shape index (κ1) is 15.9. The summed E-state index contributed by atoms with van der Waals surface area (Å²) in [4.78, 5) is 19.7. The molecule has 1 N–H and O–H groups in total. The van der Waals surface area contributed by atoms with E-state index in [1.165, 1.54) is 5.56 Å². The molecule has 1 aliphatic heterocycles. The van der Waals surface area contributed by atoms with Crippen molar-refractivity contribution in [2.75, 3.05) is 33.7 Å². The zero-order valence-electron chi connectivity index (χ0n) is 13.2. The second-order valence-electron chi connectivity index (χ2n) is 6.01. The van der Waals surface area contributed by atoms with Gasteiger partial charge in [0.2, 0.25) is 5.91 Å². The predicted octanol–water partition coefficient (Wildman–Crippen LogP) is 1.28. The van der Waals surface area contributed by atoms with Crippen LogP contribution in [0.1, 0.15) is 31.4 Å². The summed E-state index contributed by atoms with van der Waals surface area (Å²) in [6.07, 6.45) is 5.86. The van der Waals surface area contributed by atoms with Crippen LogP contribution in [0.15, 0.2) is 24.5 Å². The van der Waals surface area contributed by atoms with Crippen LogP contribution in [0.25, 0.3) is 0 Å². The number of aromatic nitrogens is 1. The minimum atomic E-state index is 0.187. The highest BCUT2D eigenvalue weighted by molar-refractivity contribution is 5.77. The molecule has 0 saturated carbocycles. The summed E-state index contributed by atoms with van der Waals surface area (Å²) < 4.78 is 0. The Morgan fingerprint density at radius 1 is 1.38 bits per heavy atom. The first-order valence-corrected chi connectivity index (χ1v) is 7.64. The number of carbonyl (C=O) groups is 1. The van der Waals surface area contributed by atoms with Crippen molar-refractivity contribution < 1.29 is 4.79 Å². The average molecular weight is 290 g/mol. The van der Waals surface area contributed by atoms with E-state index < -0.39 is 0 Å². The van der Waals surface area contributed by atoms with Crippen LogP contribution in [0.3, 0.4) is 0 Å². The fraction of sp³-hybridized carbons (Fsp3) is 0.625. The smallest absolute Gasteiger partial charge is 0.236 e. The third kappa shape index (κ3) is 4.79. The monoisotopic (exact) mass is 290 g/mol. The Morgan fingerprint density at radius 2 is 2.00 bits per heavy atom. The highest BCUT2D eigenvalue weighted by atomic mass is 16.2. The van der Waals surface area contributed by atoms with Gasteiger partial charge in [0.25, 0.3) is 0 Å². The molecule has 1 aromatic rings. The second kappa shape index (κ2) is 7.52. The molecule has 2 rings (SSSR count). The van der Waals surface area contributed by atoms with Gasteiger partial charge in [-0.25, -0.2) is 0 Å². The second-order valence-corrected chi connectivity index (χ2v) is 6.01. The van der Waals surface area contributed by atoms with E-state index in [1.54, 1.807) is 4.90 Å². The number of pyridine rings is 1. The molecule has 5 nitrogen and oxygen atoms in total. The number of likely N-dealkylation sites (tertiary alicyclic amines) is 1. The molecule has 2 heterocycles. The third-order valence-electron chi connectivity index (χ3n) is 4.14. The number of likely N-dealkylation sites (N-methyl/N-ethyl adjacent to an activating group) is 1. The van der Waals surface area contributed by atoms with Gasteiger partial charge >= 0.3 is 0 Å². The molecule has 1 aliphatic rings. The van der Waals surface area contributed by atoms with Gasteiger partial charge < -0.3 is 10.2 Å². The van der Waals surface area contributed by atoms with Gasteiger partial charge in [0.15, 0.2) is 0 Å². The Morgan fingerprint density at radius 3 is 2.57 bits per heavy atom. The van der Waals surface area contributed by atoms with Crippen molar-refractivity contribution in [2.24, 2.45) is 0 Å². The number of amides is 1. The third-order valence-corrected chi connectivity index (χ3v) is 4.14. The summed E-state index contributed by atoms with van der Waals surface area (Å²) in [6, 6.07) is 4.98. The van der Waals surface area contributed by atoms with Crippen LogP contribution in [0.5, 0.6) is 0 Å². The van der Waals surface area contributed by atoms with Crippen molar-refractivity contribution in [3.8, 4) is 0 Å². The molecule has 0 aliphatic carbocycles. The molecule has 21 heavy (non-hydrogen) atoms. The highest BCUT2D eigenvalue weighted by Gasteiger charge is 2.22. The van der Waals surface area contributed by atoms with E-state index in [4.69, 9.17) is 0 Å². The maximum absolute atomic E-state index is 11.7. The lowest BCUT2D eigenvalue weighted by molar-refractivity contribution is -0.130. The number of hydrogen-bond acceptors (Lipinski definition) is 4. The molecule has 0 radical (unpaired) electrons. The van der Waals surface area contributed by atoms with Crippen LogP contribution in [0.4, 0.5) is 0 Å². The molecule has 0 bridgehead atoms. The fourth-order valence-electron chi connectivity index (χ4n) is 2.69. The SMILES string of the molecule is CC(NC1CCN(CC(=O)N(C)C)CC1)c1ccncc1. The van der Waals surface area contributed by atoms with Gasteiger partial charge in [0.1, 0.15) is 0 Å². The van der Waals surface area contributed by atoms with Crippen LogP contribution in [-0.2, 0) is 4.79 Å². The van der Waals surface area contributed by atoms with E-state index in [0.717, 1.165) is 25.9 Å². The number of nitrogens with one attached hydrogen (secondary N) is 1. The van der Waals surface area contributed by atoms with Crippen molar-refractivity contribution in [2.45, 2.75) is 31.8 Å². The van der Waals surface area contributed by atoms with Gasteiger partial charge in [-0.05, 0) is 37.5 Å². The minimum absolute atomic E-state index is 0.187. The topological polar surface area (TPSA) is 48.5 Å². The average Bonchev–Trinajstić information content (AvgIpc) is 2.50. The van der Waals surface area contributed by atoms with Crippen LogP contribution >= 0.6 is 0 Å². The summed E-state index contributed by atoms with van der Waals surface area (Å²) in [6.45, 7) is 4.71. The molecule has 1 aromatic heterocycles. The van der Waals surface area contributed by atoms with Crippen molar-refractivity contribution >= 4 is 5.91 Å². The molecule has 116 valence electrons. The van der Waals surface area contributed by atoms with Gasteiger partial charge in [-0.2, -0.15) is 0 Å². The number of rotatable bonds is 5. The lowest BCUT2D eigenvalue weighted by Crippen LogP contribution is -2.46. The normalized spacial score (nSPS) is 18.4. The van der Waals surface area contributed by atoms with Gasteiger partial charge in [0, 0.05) is 51.7 Å². The van der Waals surface area contributed by atoms with Crippen LogP contribution < -0.4 is 5.32 Å². The highest BCUT2D eigenvalue weighted by Crippen LogP contribution is 2.16. The van der Waals surface area contributed by atoms with Crippen LogP contribution in [-0.4, -0.2) is 60.5 Å². The molecule has 1 unspecified atom stereocenters. The first-order chi connectivity index (χ1) is 10.1. The minimum Gasteiger partial charge on any atom is -0.348 e. The lowest BCUT2D eigenvalue weighted by atomic mass is 10.0. The van der Waals surface area contributed by atoms with E-state index in [0.29, 0.717) is 18.6 Å². The zero-order valence-corrected chi connectivity index (χ0v) is 13.2. The van der Waals surface area contributed by atoms with Gasteiger partial charge in [0.05, 0.1) is 6.54 Å². The number of piperidine rings is 1. The summed E-state index contributed by atoms with van der Waals surface area (Å²) >= 11 is 0. The molecule has 1 amide bonds. The zero-order chi connectivity index (χ0) is 15.2. The summed E-state index contributed by atoms with van der Waals surface area (Å²) in [5, 5.41) is 3.68. The maximum Gasteiger partial charge on any atom is 0.236 e. The molecule has 1 fully saturated rings. The van der Waals surface area contributed by atoms with Crippen LogP contribution in [0, 0.1) is 0 Å². The summed E-state index contributed by atoms with van der Waals surface area (Å²) in [7, 11) is 3.63. The molecule has 5 heteroatoms. The van der Waals surface area contributed by atoms with Crippen molar-refractivity contribution in [3.05, 3.63) is 30.1 Å². The summed E-state index contributed by atoms with van der Waals surface area (Å²) in [5.74, 6) is 0.187. The largest absolute Gasteiger partial charge is 0.348 e. The predicted molar refractivity (Wildman–Crippen MR) is 83.9 cm³/mol. The number of nitrogens with zero attached hydrogens (tertiary/aromatic N) is 3. The Kier molecular flexibility index (Phi) is 5.70. The Bertz CT molecular complexity index is 441. The number of hydrogen-bond donors (Lipinski definition) is 1. The van der Waals surface area contributed by atoms with E-state index in [2.05, 4.69) is 34.3 Å². The Hall–Kier alpha value is -1.46. The molecular weight excluding hydrogens is 264 g/mol. The van der Waals surface area contributed by atoms with E-state index in [1.807, 2.05) is 26.5 Å². The fourth-order valence-corrected chi connectivity index (χ4v) is 2.69. The van der Waals surface area contributed by atoms with Crippen molar-refractivity contribution in [1.82, 2.24) is 20.1 Å². The molecular formula is C16H26N4O. The quantitative estimate of drug-likeness (QED) is 0.887. The van der Waals surface area contributed by atoms with E-state index >= 15 is 0 Å². The molecule has 1 saturated heterocycles. The Labute approximate surface area is 127 Å². The van der Waals surface area contributed by atoms with Gasteiger partial charge in [-0.1, -0.05) is 0 Å². The van der Waals surface area contributed by atoms with Gasteiger partial charge in [-0.3, -0.25) is 14.7 Å². The van der Waals surface area contributed by atoms with E-state index in [-0.39, 0.29) is 5.91 Å². The summed E-state index contributed by atoms with van der Waals surface area (Å²) in [5.41, 5.74) is 1.27. The maximum atomic E-state index is 11.7. The first-order valence-electron chi connectivity index (χ1n) is 7.64. The number of carbonyl (C=O) groups excluding carboxylic acids is 1. The van der Waals surface area contributed by atoms with Crippen molar-refractivity contribution in [3.63, 3.8) is 0 Å². The van der Waals surface area contributed by atoms with Crippen LogP contribution in [0.2, 0.25) is 0 Å².